The maximum atomic E-state index is 12.8. The number of nitrogens with zero attached hydrogens (tertiary/aromatic N) is 1. The largest absolute Gasteiger partial charge is 0.351 e. The van der Waals surface area contributed by atoms with E-state index >= 15 is 0 Å². The zero-order valence-electron chi connectivity index (χ0n) is 13.4. The van der Waals surface area contributed by atoms with Gasteiger partial charge in [-0.15, -0.1) is 11.3 Å². The standard InChI is InChI=1S/C15H21N3O4S2/c1-3-14(20)17-12-5-4-8-18(10-12)24(21,22)15-7-6-13(23-15)9-16-11(2)19/h3,6-7,12H,1,4-5,8-10H2,2H3,(H,16,19)(H,17,20)/t12-/m0/s1. The zero-order valence-corrected chi connectivity index (χ0v) is 15.1. The van der Waals surface area contributed by atoms with Gasteiger partial charge in [0.15, 0.2) is 0 Å². The van der Waals surface area contributed by atoms with Crippen LogP contribution in [0, 0.1) is 0 Å². The Morgan fingerprint density at radius 1 is 1.46 bits per heavy atom. The Morgan fingerprint density at radius 3 is 2.88 bits per heavy atom. The lowest BCUT2D eigenvalue weighted by Gasteiger charge is -2.31. The van der Waals surface area contributed by atoms with E-state index < -0.39 is 10.0 Å². The van der Waals surface area contributed by atoms with Gasteiger partial charge in [0, 0.05) is 30.9 Å². The first-order valence-electron chi connectivity index (χ1n) is 7.59. The molecule has 0 unspecified atom stereocenters. The molecule has 2 rings (SSSR count). The predicted octanol–water partition coefficient (Wildman–Crippen LogP) is 0.839. The highest BCUT2D eigenvalue weighted by Gasteiger charge is 2.31. The second-order valence-electron chi connectivity index (χ2n) is 5.55. The lowest BCUT2D eigenvalue weighted by Crippen LogP contribution is -2.49. The van der Waals surface area contributed by atoms with Crippen molar-refractivity contribution in [3.05, 3.63) is 29.7 Å². The molecule has 132 valence electrons. The number of rotatable bonds is 6. The summed E-state index contributed by atoms with van der Waals surface area (Å²) in [6, 6.07) is 3.05. The van der Waals surface area contributed by atoms with Crippen LogP contribution < -0.4 is 10.6 Å². The van der Waals surface area contributed by atoms with Crippen molar-refractivity contribution in [3.8, 4) is 0 Å². The van der Waals surface area contributed by atoms with Crippen LogP contribution in [0.3, 0.4) is 0 Å². The number of piperidine rings is 1. The summed E-state index contributed by atoms with van der Waals surface area (Å²) in [7, 11) is -3.59. The normalized spacial score (nSPS) is 18.8. The van der Waals surface area contributed by atoms with Crippen LogP contribution in [0.25, 0.3) is 0 Å². The molecule has 24 heavy (non-hydrogen) atoms. The second kappa shape index (κ2) is 7.91. The van der Waals surface area contributed by atoms with E-state index in [1.54, 1.807) is 12.1 Å². The molecule has 7 nitrogen and oxygen atoms in total. The molecule has 0 aromatic carbocycles. The molecular weight excluding hydrogens is 350 g/mol. The minimum absolute atomic E-state index is 0.162. The molecule has 2 amide bonds. The number of hydrogen-bond donors (Lipinski definition) is 2. The smallest absolute Gasteiger partial charge is 0.252 e. The van der Waals surface area contributed by atoms with Crippen LogP contribution in [-0.4, -0.2) is 43.7 Å². The number of carbonyl (C=O) groups is 2. The molecule has 0 bridgehead atoms. The van der Waals surface area contributed by atoms with E-state index in [-0.39, 0.29) is 28.6 Å². The Bertz CT molecular complexity index is 727. The first kappa shape index (κ1) is 18.6. The molecule has 0 saturated carbocycles. The molecule has 0 radical (unpaired) electrons. The third-order valence-corrected chi connectivity index (χ3v) is 7.08. The molecule has 1 fully saturated rings. The van der Waals surface area contributed by atoms with Crippen LogP contribution in [-0.2, 0) is 26.2 Å². The highest BCUT2D eigenvalue weighted by molar-refractivity contribution is 7.91. The fourth-order valence-electron chi connectivity index (χ4n) is 2.47. The molecular formula is C15H21N3O4S2. The summed E-state index contributed by atoms with van der Waals surface area (Å²) in [5.41, 5.74) is 0. The molecule has 9 heteroatoms. The van der Waals surface area contributed by atoms with E-state index in [2.05, 4.69) is 17.2 Å². The number of nitrogens with one attached hydrogen (secondary N) is 2. The van der Waals surface area contributed by atoms with E-state index in [1.165, 1.54) is 17.3 Å². The fraction of sp³-hybridized carbons (Fsp3) is 0.467. The summed E-state index contributed by atoms with van der Waals surface area (Å²) in [5, 5.41) is 5.40. The fourth-order valence-corrected chi connectivity index (χ4v) is 5.44. The van der Waals surface area contributed by atoms with Crippen molar-refractivity contribution < 1.29 is 18.0 Å². The number of hydrogen-bond acceptors (Lipinski definition) is 5. The van der Waals surface area contributed by atoms with Crippen molar-refractivity contribution in [2.45, 2.75) is 36.6 Å². The topological polar surface area (TPSA) is 95.6 Å². The highest BCUT2D eigenvalue weighted by Crippen LogP contribution is 2.27. The molecule has 0 spiro atoms. The first-order chi connectivity index (χ1) is 11.3. The molecule has 1 saturated heterocycles. The monoisotopic (exact) mass is 371 g/mol. The SMILES string of the molecule is C=CC(=O)N[C@H]1CCCN(S(=O)(=O)c2ccc(CNC(C)=O)s2)C1. The third-order valence-electron chi connectivity index (χ3n) is 3.66. The summed E-state index contributed by atoms with van der Waals surface area (Å²) in [5.74, 6) is -0.461. The van der Waals surface area contributed by atoms with Crippen LogP contribution in [0.2, 0.25) is 0 Å². The van der Waals surface area contributed by atoms with Gasteiger partial charge < -0.3 is 10.6 Å². The van der Waals surface area contributed by atoms with Gasteiger partial charge in [-0.3, -0.25) is 9.59 Å². The Morgan fingerprint density at radius 2 is 2.21 bits per heavy atom. The van der Waals surface area contributed by atoms with E-state index in [4.69, 9.17) is 0 Å². The van der Waals surface area contributed by atoms with Crippen LogP contribution in [0.1, 0.15) is 24.6 Å². The second-order valence-corrected chi connectivity index (χ2v) is 8.88. The van der Waals surface area contributed by atoms with Crippen LogP contribution in [0.5, 0.6) is 0 Å². The molecule has 1 aliphatic rings. The van der Waals surface area contributed by atoms with Gasteiger partial charge >= 0.3 is 0 Å². The van der Waals surface area contributed by atoms with Crippen LogP contribution in [0.15, 0.2) is 29.0 Å². The van der Waals surface area contributed by atoms with Gasteiger partial charge in [-0.1, -0.05) is 6.58 Å². The van der Waals surface area contributed by atoms with Crippen molar-refractivity contribution in [1.29, 1.82) is 0 Å². The van der Waals surface area contributed by atoms with Gasteiger partial charge in [-0.25, -0.2) is 8.42 Å². The predicted molar refractivity (Wildman–Crippen MR) is 92.0 cm³/mol. The number of amides is 2. The Labute approximate surface area is 145 Å². The average molecular weight is 371 g/mol. The van der Waals surface area contributed by atoms with Crippen molar-refractivity contribution in [1.82, 2.24) is 14.9 Å². The quantitative estimate of drug-likeness (QED) is 0.725. The van der Waals surface area contributed by atoms with Gasteiger partial charge in [0.25, 0.3) is 10.0 Å². The van der Waals surface area contributed by atoms with Crippen LogP contribution >= 0.6 is 11.3 Å². The molecule has 2 heterocycles. The van der Waals surface area contributed by atoms with Gasteiger partial charge in [-0.2, -0.15) is 4.31 Å². The molecule has 1 aromatic rings. The summed E-state index contributed by atoms with van der Waals surface area (Å²) in [6.45, 7) is 5.81. The van der Waals surface area contributed by atoms with Crippen molar-refractivity contribution in [3.63, 3.8) is 0 Å². The summed E-state index contributed by atoms with van der Waals surface area (Å²) in [4.78, 5) is 23.1. The van der Waals surface area contributed by atoms with Gasteiger partial charge in [-0.05, 0) is 31.1 Å². The lowest BCUT2D eigenvalue weighted by molar-refractivity contribution is -0.119. The van der Waals surface area contributed by atoms with E-state index in [0.29, 0.717) is 19.5 Å². The maximum Gasteiger partial charge on any atom is 0.252 e. The van der Waals surface area contributed by atoms with Crippen molar-refractivity contribution in [2.24, 2.45) is 0 Å². The Kier molecular flexibility index (Phi) is 6.14. The van der Waals surface area contributed by atoms with Crippen LogP contribution in [0.4, 0.5) is 0 Å². The number of carbonyl (C=O) groups excluding carboxylic acids is 2. The van der Waals surface area contributed by atoms with Crippen molar-refractivity contribution in [2.75, 3.05) is 13.1 Å². The molecule has 1 aromatic heterocycles. The van der Waals surface area contributed by atoms with Gasteiger partial charge in [0.2, 0.25) is 11.8 Å². The van der Waals surface area contributed by atoms with Gasteiger partial charge in [0.05, 0.1) is 6.54 Å². The molecule has 1 aliphatic heterocycles. The molecule has 0 aliphatic carbocycles. The third kappa shape index (κ3) is 4.65. The summed E-state index contributed by atoms with van der Waals surface area (Å²) in [6.07, 6.45) is 2.61. The van der Waals surface area contributed by atoms with Crippen molar-refractivity contribution >= 4 is 33.2 Å². The lowest BCUT2D eigenvalue weighted by atomic mass is 10.1. The Balaban J connectivity index is 2.07. The summed E-state index contributed by atoms with van der Waals surface area (Å²) >= 11 is 1.15. The van der Waals surface area contributed by atoms with E-state index in [0.717, 1.165) is 22.6 Å². The number of sulfonamides is 1. The minimum atomic E-state index is -3.59. The first-order valence-corrected chi connectivity index (χ1v) is 9.85. The van der Waals surface area contributed by atoms with E-state index in [9.17, 15) is 18.0 Å². The van der Waals surface area contributed by atoms with Gasteiger partial charge in [0.1, 0.15) is 4.21 Å². The summed E-state index contributed by atoms with van der Waals surface area (Å²) < 4.78 is 27.2. The maximum absolute atomic E-state index is 12.8. The average Bonchev–Trinajstić information content (AvgIpc) is 3.03. The molecule has 1 atom stereocenters. The highest BCUT2D eigenvalue weighted by atomic mass is 32.2. The molecule has 2 N–H and O–H groups in total. The van der Waals surface area contributed by atoms with E-state index in [1.807, 2.05) is 0 Å². The zero-order chi connectivity index (χ0) is 17.7. The minimum Gasteiger partial charge on any atom is -0.351 e. The number of thiophene rings is 1. The Hall–Kier alpha value is -1.71.